The molecule has 0 amide bonds. The number of nitrogens with two attached hydrogens (primary N) is 1. The van der Waals surface area contributed by atoms with Crippen molar-refractivity contribution in [1.82, 2.24) is 0 Å². The number of hydrogen-bond donors (Lipinski definition) is 1. The van der Waals surface area contributed by atoms with Crippen LogP contribution in [0.3, 0.4) is 0 Å². The second-order valence-electron chi connectivity index (χ2n) is 5.92. The van der Waals surface area contributed by atoms with E-state index >= 15 is 0 Å². The Morgan fingerprint density at radius 2 is 1.83 bits per heavy atom. The summed E-state index contributed by atoms with van der Waals surface area (Å²) in [6.45, 7) is 0. The minimum absolute atomic E-state index is 0.234. The fraction of sp³-hybridized carbons (Fsp3) is 0.562. The predicted octanol–water partition coefficient (Wildman–Crippen LogP) is 2.56. The summed E-state index contributed by atoms with van der Waals surface area (Å²) >= 11 is 0. The van der Waals surface area contributed by atoms with Crippen LogP contribution in [0.5, 0.6) is 0 Å². The minimum atomic E-state index is -0.529. The summed E-state index contributed by atoms with van der Waals surface area (Å²) in [5.41, 5.74) is 9.74. The zero-order valence-electron chi connectivity index (χ0n) is 10.9. The molecule has 0 saturated heterocycles. The molecule has 1 fully saturated rings. The first-order chi connectivity index (χ1) is 8.67. The Kier molecular flexibility index (Phi) is 2.98. The largest absolute Gasteiger partial charge is 0.319 e. The quantitative estimate of drug-likeness (QED) is 0.886. The maximum atomic E-state index is 12.3. The molecule has 2 heteroatoms. The van der Waals surface area contributed by atoms with Gasteiger partial charge in [0.05, 0.1) is 5.54 Å². The standard InChI is InChI=1S/C16H21NO/c17-16(8-1-2-9-16)15(18)11-12-6-7-13-4-3-5-14(13)10-12/h6-7,10H,1-5,8-9,11,17H2. The Balaban J connectivity index is 1.74. The summed E-state index contributed by atoms with van der Waals surface area (Å²) in [6, 6.07) is 6.53. The van der Waals surface area contributed by atoms with Crippen LogP contribution in [0.15, 0.2) is 18.2 Å². The molecule has 1 aromatic carbocycles. The summed E-state index contributed by atoms with van der Waals surface area (Å²) < 4.78 is 0. The SMILES string of the molecule is NC1(C(=O)Cc2ccc3c(c2)CCC3)CCCC1. The molecule has 0 bridgehead atoms. The highest BCUT2D eigenvalue weighted by Crippen LogP contribution is 2.30. The first-order valence-corrected chi connectivity index (χ1v) is 7.10. The van der Waals surface area contributed by atoms with Crippen molar-refractivity contribution in [2.75, 3.05) is 0 Å². The second kappa shape index (κ2) is 4.51. The van der Waals surface area contributed by atoms with E-state index in [1.807, 2.05) is 0 Å². The van der Waals surface area contributed by atoms with Crippen LogP contribution in [-0.2, 0) is 24.1 Å². The lowest BCUT2D eigenvalue weighted by Gasteiger charge is -2.21. The molecule has 0 heterocycles. The van der Waals surface area contributed by atoms with Gasteiger partial charge in [-0.25, -0.2) is 0 Å². The van der Waals surface area contributed by atoms with Gasteiger partial charge in [-0.1, -0.05) is 31.0 Å². The molecule has 0 radical (unpaired) electrons. The van der Waals surface area contributed by atoms with Gasteiger partial charge >= 0.3 is 0 Å². The highest BCUT2D eigenvalue weighted by atomic mass is 16.1. The molecular formula is C16H21NO. The fourth-order valence-electron chi connectivity index (χ4n) is 3.38. The number of fused-ring (bicyclic) bond motifs is 1. The topological polar surface area (TPSA) is 43.1 Å². The Labute approximate surface area is 109 Å². The van der Waals surface area contributed by atoms with Crippen LogP contribution in [0.2, 0.25) is 0 Å². The van der Waals surface area contributed by atoms with E-state index < -0.39 is 5.54 Å². The number of rotatable bonds is 3. The van der Waals surface area contributed by atoms with Gasteiger partial charge in [-0.2, -0.15) is 0 Å². The van der Waals surface area contributed by atoms with Gasteiger partial charge in [0, 0.05) is 6.42 Å². The van der Waals surface area contributed by atoms with Gasteiger partial charge in [0.15, 0.2) is 5.78 Å². The van der Waals surface area contributed by atoms with Crippen LogP contribution in [0.25, 0.3) is 0 Å². The van der Waals surface area contributed by atoms with Crippen molar-refractivity contribution in [3.63, 3.8) is 0 Å². The molecule has 3 rings (SSSR count). The van der Waals surface area contributed by atoms with Crippen molar-refractivity contribution in [3.05, 3.63) is 34.9 Å². The van der Waals surface area contributed by atoms with E-state index in [2.05, 4.69) is 18.2 Å². The van der Waals surface area contributed by atoms with Gasteiger partial charge in [-0.3, -0.25) is 4.79 Å². The van der Waals surface area contributed by atoms with Crippen molar-refractivity contribution in [1.29, 1.82) is 0 Å². The normalized spacial score (nSPS) is 20.9. The number of aryl methyl sites for hydroxylation is 2. The van der Waals surface area contributed by atoms with Gasteiger partial charge in [-0.05, 0) is 48.8 Å². The van der Waals surface area contributed by atoms with Gasteiger partial charge < -0.3 is 5.73 Å². The zero-order chi connectivity index (χ0) is 12.6. The molecule has 0 aromatic heterocycles. The molecule has 1 aromatic rings. The summed E-state index contributed by atoms with van der Waals surface area (Å²) in [5, 5.41) is 0. The number of ketones is 1. The van der Waals surface area contributed by atoms with Crippen LogP contribution in [0.1, 0.15) is 48.8 Å². The highest BCUT2D eigenvalue weighted by molar-refractivity contribution is 5.90. The van der Waals surface area contributed by atoms with Crippen LogP contribution >= 0.6 is 0 Å². The lowest BCUT2D eigenvalue weighted by molar-refractivity contribution is -0.123. The molecule has 2 N–H and O–H groups in total. The summed E-state index contributed by atoms with van der Waals surface area (Å²) in [6.07, 6.45) is 8.10. The molecule has 1 saturated carbocycles. The number of hydrogen-bond acceptors (Lipinski definition) is 2. The maximum Gasteiger partial charge on any atom is 0.156 e. The third-order valence-electron chi connectivity index (χ3n) is 4.58. The van der Waals surface area contributed by atoms with Crippen molar-refractivity contribution < 1.29 is 4.79 Å². The first kappa shape index (κ1) is 11.9. The molecule has 0 unspecified atom stereocenters. The molecule has 0 aliphatic heterocycles. The third-order valence-corrected chi connectivity index (χ3v) is 4.58. The van der Waals surface area contributed by atoms with E-state index in [0.29, 0.717) is 6.42 Å². The molecular weight excluding hydrogens is 222 g/mol. The van der Waals surface area contributed by atoms with E-state index in [4.69, 9.17) is 5.73 Å². The Hall–Kier alpha value is -1.15. The lowest BCUT2D eigenvalue weighted by atomic mass is 9.89. The number of carbonyl (C=O) groups excluding carboxylic acids is 1. The van der Waals surface area contributed by atoms with E-state index in [0.717, 1.165) is 31.2 Å². The molecule has 0 spiro atoms. The monoisotopic (exact) mass is 243 g/mol. The van der Waals surface area contributed by atoms with Gasteiger partial charge in [0.25, 0.3) is 0 Å². The van der Waals surface area contributed by atoms with E-state index in [-0.39, 0.29) is 5.78 Å². The van der Waals surface area contributed by atoms with Crippen LogP contribution in [-0.4, -0.2) is 11.3 Å². The Bertz CT molecular complexity index is 472. The van der Waals surface area contributed by atoms with Crippen LogP contribution < -0.4 is 5.73 Å². The minimum Gasteiger partial charge on any atom is -0.319 e. The highest BCUT2D eigenvalue weighted by Gasteiger charge is 2.36. The van der Waals surface area contributed by atoms with E-state index in [1.165, 1.54) is 30.4 Å². The molecule has 2 aliphatic rings. The Morgan fingerprint density at radius 1 is 1.11 bits per heavy atom. The number of carbonyl (C=O) groups is 1. The first-order valence-electron chi connectivity index (χ1n) is 7.10. The summed E-state index contributed by atoms with van der Waals surface area (Å²) in [5.74, 6) is 0.234. The molecule has 2 aliphatic carbocycles. The molecule has 0 atom stereocenters. The van der Waals surface area contributed by atoms with Crippen molar-refractivity contribution in [3.8, 4) is 0 Å². The predicted molar refractivity (Wildman–Crippen MR) is 72.6 cm³/mol. The average Bonchev–Trinajstić information content (AvgIpc) is 2.98. The van der Waals surface area contributed by atoms with Crippen LogP contribution in [0.4, 0.5) is 0 Å². The summed E-state index contributed by atoms with van der Waals surface area (Å²) in [7, 11) is 0. The molecule has 96 valence electrons. The summed E-state index contributed by atoms with van der Waals surface area (Å²) in [4.78, 5) is 12.3. The third kappa shape index (κ3) is 2.10. The van der Waals surface area contributed by atoms with Gasteiger partial charge in [-0.15, -0.1) is 0 Å². The van der Waals surface area contributed by atoms with Crippen molar-refractivity contribution in [2.24, 2.45) is 5.73 Å². The van der Waals surface area contributed by atoms with E-state index in [1.54, 1.807) is 0 Å². The number of Topliss-reactive ketones (excluding diaryl/α,β-unsaturated/α-hetero) is 1. The Morgan fingerprint density at radius 3 is 2.61 bits per heavy atom. The molecule has 18 heavy (non-hydrogen) atoms. The fourth-order valence-corrected chi connectivity index (χ4v) is 3.38. The molecule has 2 nitrogen and oxygen atoms in total. The van der Waals surface area contributed by atoms with Crippen molar-refractivity contribution in [2.45, 2.75) is 56.9 Å². The average molecular weight is 243 g/mol. The van der Waals surface area contributed by atoms with Gasteiger partial charge in [0.1, 0.15) is 0 Å². The van der Waals surface area contributed by atoms with Gasteiger partial charge in [0.2, 0.25) is 0 Å². The maximum absolute atomic E-state index is 12.3. The second-order valence-corrected chi connectivity index (χ2v) is 5.92. The van der Waals surface area contributed by atoms with E-state index in [9.17, 15) is 4.79 Å². The van der Waals surface area contributed by atoms with Crippen LogP contribution in [0, 0.1) is 0 Å². The van der Waals surface area contributed by atoms with Crippen molar-refractivity contribution >= 4 is 5.78 Å². The zero-order valence-corrected chi connectivity index (χ0v) is 10.9. The lowest BCUT2D eigenvalue weighted by Crippen LogP contribution is -2.46. The number of benzene rings is 1. The smallest absolute Gasteiger partial charge is 0.156 e.